The Kier molecular flexibility index (Phi) is 3.16. The number of thiophene rings is 1. The number of fused-ring (bicyclic) bond motifs is 3. The zero-order chi connectivity index (χ0) is 16.0. The third-order valence-corrected chi connectivity index (χ3v) is 4.89. The standard InChI is InChI=1S/C18H14N2O2S/c1-20-10-12(14-6-4-8-23-14)18(21)15-13(22-2)9-11-5-3-7-19-16(11)17(15)20/h3-10H,1-2H3. The summed E-state index contributed by atoms with van der Waals surface area (Å²) < 4.78 is 7.47. The van der Waals surface area contributed by atoms with Crippen LogP contribution in [0.5, 0.6) is 5.75 Å². The van der Waals surface area contributed by atoms with Gasteiger partial charge in [0.15, 0.2) is 0 Å². The Balaban J connectivity index is 2.24. The first-order valence-corrected chi connectivity index (χ1v) is 8.07. The van der Waals surface area contributed by atoms with Gasteiger partial charge in [-0.05, 0) is 23.6 Å². The second-order valence-electron chi connectivity index (χ2n) is 5.34. The highest BCUT2D eigenvalue weighted by atomic mass is 32.1. The van der Waals surface area contributed by atoms with Crippen LogP contribution in [0.4, 0.5) is 0 Å². The van der Waals surface area contributed by atoms with Gasteiger partial charge in [0.1, 0.15) is 5.75 Å². The van der Waals surface area contributed by atoms with E-state index in [2.05, 4.69) is 4.98 Å². The Morgan fingerprint density at radius 3 is 2.87 bits per heavy atom. The molecule has 0 atom stereocenters. The van der Waals surface area contributed by atoms with Crippen LogP contribution in [0.1, 0.15) is 0 Å². The molecule has 0 aliphatic carbocycles. The van der Waals surface area contributed by atoms with Gasteiger partial charge < -0.3 is 9.30 Å². The molecule has 0 N–H and O–H groups in total. The number of nitrogens with zero attached hydrogens (tertiary/aromatic N) is 2. The number of methoxy groups -OCH3 is 1. The van der Waals surface area contributed by atoms with Gasteiger partial charge in [0, 0.05) is 29.7 Å². The maximum Gasteiger partial charge on any atom is 0.201 e. The lowest BCUT2D eigenvalue weighted by Crippen LogP contribution is -2.11. The van der Waals surface area contributed by atoms with E-state index in [9.17, 15) is 4.79 Å². The molecule has 23 heavy (non-hydrogen) atoms. The van der Waals surface area contributed by atoms with Gasteiger partial charge in [-0.2, -0.15) is 0 Å². The molecule has 0 aliphatic rings. The lowest BCUT2D eigenvalue weighted by Gasteiger charge is -2.13. The molecule has 5 heteroatoms. The van der Waals surface area contributed by atoms with Gasteiger partial charge in [0.2, 0.25) is 5.43 Å². The Bertz CT molecular complexity index is 1080. The maximum absolute atomic E-state index is 13.1. The molecule has 0 spiro atoms. The number of ether oxygens (including phenoxy) is 1. The highest BCUT2D eigenvalue weighted by molar-refractivity contribution is 7.13. The zero-order valence-corrected chi connectivity index (χ0v) is 13.6. The van der Waals surface area contributed by atoms with Crippen molar-refractivity contribution in [2.24, 2.45) is 7.05 Å². The van der Waals surface area contributed by atoms with Crippen molar-refractivity contribution >= 4 is 33.1 Å². The first-order valence-electron chi connectivity index (χ1n) is 7.19. The highest BCUT2D eigenvalue weighted by Crippen LogP contribution is 2.32. The van der Waals surface area contributed by atoms with E-state index in [-0.39, 0.29) is 5.43 Å². The van der Waals surface area contributed by atoms with E-state index in [0.29, 0.717) is 16.7 Å². The van der Waals surface area contributed by atoms with Crippen LogP contribution in [0.15, 0.2) is 52.9 Å². The molecule has 0 amide bonds. The van der Waals surface area contributed by atoms with E-state index in [4.69, 9.17) is 4.74 Å². The first kappa shape index (κ1) is 14.0. The predicted octanol–water partition coefficient (Wildman–Crippen LogP) is 3.82. The fourth-order valence-corrected chi connectivity index (χ4v) is 3.70. The van der Waals surface area contributed by atoms with Crippen LogP contribution in [-0.4, -0.2) is 16.7 Å². The van der Waals surface area contributed by atoms with E-state index >= 15 is 0 Å². The van der Waals surface area contributed by atoms with Crippen LogP contribution in [0.2, 0.25) is 0 Å². The molecule has 4 aromatic rings. The van der Waals surface area contributed by atoms with Crippen LogP contribution in [0, 0.1) is 0 Å². The summed E-state index contributed by atoms with van der Waals surface area (Å²) in [5.41, 5.74) is 2.26. The van der Waals surface area contributed by atoms with Gasteiger partial charge >= 0.3 is 0 Å². The number of pyridine rings is 2. The minimum atomic E-state index is -0.0232. The fourth-order valence-electron chi connectivity index (χ4n) is 2.96. The molecule has 0 radical (unpaired) electrons. The van der Waals surface area contributed by atoms with Crippen molar-refractivity contribution < 1.29 is 4.74 Å². The second-order valence-corrected chi connectivity index (χ2v) is 6.29. The molecule has 0 unspecified atom stereocenters. The molecule has 0 saturated heterocycles. The Morgan fingerprint density at radius 2 is 2.13 bits per heavy atom. The molecule has 0 saturated carbocycles. The topological polar surface area (TPSA) is 44.1 Å². The smallest absolute Gasteiger partial charge is 0.201 e. The summed E-state index contributed by atoms with van der Waals surface area (Å²) in [6.45, 7) is 0. The molecular weight excluding hydrogens is 308 g/mol. The van der Waals surface area contributed by atoms with E-state index in [0.717, 1.165) is 21.3 Å². The third kappa shape index (κ3) is 2.04. The Labute approximate surface area is 136 Å². The van der Waals surface area contributed by atoms with Gasteiger partial charge in [0.25, 0.3) is 0 Å². The van der Waals surface area contributed by atoms with Crippen LogP contribution in [0.25, 0.3) is 32.2 Å². The van der Waals surface area contributed by atoms with Crippen LogP contribution in [0.3, 0.4) is 0 Å². The van der Waals surface area contributed by atoms with Crippen molar-refractivity contribution in [1.82, 2.24) is 9.55 Å². The van der Waals surface area contributed by atoms with Crippen molar-refractivity contribution in [3.8, 4) is 16.2 Å². The first-order chi connectivity index (χ1) is 11.2. The van der Waals surface area contributed by atoms with E-state index in [1.165, 1.54) is 0 Å². The number of hydrogen-bond donors (Lipinski definition) is 0. The van der Waals surface area contributed by atoms with E-state index in [1.807, 2.05) is 53.5 Å². The minimum Gasteiger partial charge on any atom is -0.496 e. The molecule has 114 valence electrons. The summed E-state index contributed by atoms with van der Waals surface area (Å²) >= 11 is 1.55. The van der Waals surface area contributed by atoms with Crippen molar-refractivity contribution in [3.63, 3.8) is 0 Å². The van der Waals surface area contributed by atoms with Crippen molar-refractivity contribution in [2.75, 3.05) is 7.11 Å². The van der Waals surface area contributed by atoms with Crippen LogP contribution >= 0.6 is 11.3 Å². The molecule has 4 rings (SSSR count). The maximum atomic E-state index is 13.1. The summed E-state index contributed by atoms with van der Waals surface area (Å²) in [5, 5.41) is 3.50. The minimum absolute atomic E-state index is 0.0232. The molecule has 0 bridgehead atoms. The SMILES string of the molecule is COc1cc2cccnc2c2c1c(=O)c(-c1cccs1)cn2C. The fraction of sp³-hybridized carbons (Fsp3) is 0.111. The molecule has 3 heterocycles. The molecule has 0 fully saturated rings. The van der Waals surface area contributed by atoms with Gasteiger partial charge in [-0.15, -0.1) is 11.3 Å². The third-order valence-electron chi connectivity index (χ3n) is 3.99. The van der Waals surface area contributed by atoms with Crippen molar-refractivity contribution in [2.45, 2.75) is 0 Å². The second kappa shape index (κ2) is 5.21. The number of aromatic nitrogens is 2. The van der Waals surface area contributed by atoms with Crippen molar-refractivity contribution in [3.05, 3.63) is 58.3 Å². The molecule has 1 aromatic carbocycles. The average molecular weight is 322 g/mol. The number of hydrogen-bond acceptors (Lipinski definition) is 4. The molecule has 4 nitrogen and oxygen atoms in total. The number of aryl methyl sites for hydroxylation is 1. The van der Waals surface area contributed by atoms with Gasteiger partial charge in [-0.1, -0.05) is 12.1 Å². The normalized spacial score (nSPS) is 11.2. The monoisotopic (exact) mass is 322 g/mol. The highest BCUT2D eigenvalue weighted by Gasteiger charge is 2.17. The Hall–Kier alpha value is -2.66. The summed E-state index contributed by atoms with van der Waals surface area (Å²) in [6.07, 6.45) is 3.62. The average Bonchev–Trinajstić information content (AvgIpc) is 3.10. The molecular formula is C18H14N2O2S. The lowest BCUT2D eigenvalue weighted by atomic mass is 10.1. The van der Waals surface area contributed by atoms with E-state index in [1.54, 1.807) is 24.6 Å². The molecule has 0 aliphatic heterocycles. The zero-order valence-electron chi connectivity index (χ0n) is 12.7. The van der Waals surface area contributed by atoms with Crippen LogP contribution < -0.4 is 10.2 Å². The predicted molar refractivity (Wildman–Crippen MR) is 94.4 cm³/mol. The number of benzene rings is 1. The summed E-state index contributed by atoms with van der Waals surface area (Å²) in [5.74, 6) is 0.583. The van der Waals surface area contributed by atoms with Gasteiger partial charge in [-0.3, -0.25) is 9.78 Å². The van der Waals surface area contributed by atoms with E-state index < -0.39 is 0 Å². The quantitative estimate of drug-likeness (QED) is 0.527. The summed E-state index contributed by atoms with van der Waals surface area (Å²) in [6, 6.07) is 9.64. The lowest BCUT2D eigenvalue weighted by molar-refractivity contribution is 0.420. The summed E-state index contributed by atoms with van der Waals surface area (Å²) in [4.78, 5) is 18.5. The summed E-state index contributed by atoms with van der Waals surface area (Å²) in [7, 11) is 3.53. The molecule has 3 aromatic heterocycles. The number of rotatable bonds is 2. The van der Waals surface area contributed by atoms with Gasteiger partial charge in [-0.25, -0.2) is 0 Å². The Morgan fingerprint density at radius 1 is 1.26 bits per heavy atom. The van der Waals surface area contributed by atoms with Crippen LogP contribution in [-0.2, 0) is 7.05 Å². The van der Waals surface area contributed by atoms with Crippen molar-refractivity contribution in [1.29, 1.82) is 0 Å². The largest absolute Gasteiger partial charge is 0.496 e. The van der Waals surface area contributed by atoms with Gasteiger partial charge in [0.05, 0.1) is 29.1 Å².